The van der Waals surface area contributed by atoms with Gasteiger partial charge in [-0.1, -0.05) is 11.2 Å². The van der Waals surface area contributed by atoms with E-state index in [-0.39, 0.29) is 17.6 Å². The Kier molecular flexibility index (Phi) is 6.07. The second-order valence-electron chi connectivity index (χ2n) is 5.33. The molecular weight excluding hydrogens is 392 g/mol. The van der Waals surface area contributed by atoms with Crippen LogP contribution in [-0.4, -0.2) is 33.0 Å². The number of rotatable bonds is 7. The lowest BCUT2D eigenvalue weighted by molar-refractivity contribution is -0.115. The molecule has 0 saturated heterocycles. The maximum absolute atomic E-state index is 12.1. The molecule has 0 radical (unpaired) electrons. The molecule has 0 saturated carbocycles. The zero-order valence-electron chi connectivity index (χ0n) is 14.0. The molecule has 10 heteroatoms. The topological polar surface area (TPSA) is 97.1 Å². The fraction of sp³-hybridized carbons (Fsp3) is 0.250. The van der Waals surface area contributed by atoms with E-state index in [4.69, 9.17) is 4.52 Å². The number of aryl methyl sites for hydroxylation is 1. The van der Waals surface area contributed by atoms with E-state index in [9.17, 15) is 9.59 Å². The van der Waals surface area contributed by atoms with Crippen molar-refractivity contribution in [3.63, 3.8) is 0 Å². The van der Waals surface area contributed by atoms with Crippen molar-refractivity contribution >= 4 is 57.2 Å². The van der Waals surface area contributed by atoms with Gasteiger partial charge in [0, 0.05) is 11.4 Å². The standard InChI is InChI=1S/C16H16N4O3S3/c1-9-6-13(20-23-9)18-15(22)10(2)25-8-14(21)19-16-17-11(7-26-16)12-4-3-5-24-12/h3-7,10H,8H2,1-2H3,(H,17,19,21)(H,18,20,22). The lowest BCUT2D eigenvalue weighted by atomic mass is 10.4. The van der Waals surface area contributed by atoms with Gasteiger partial charge in [0.15, 0.2) is 10.9 Å². The van der Waals surface area contributed by atoms with Gasteiger partial charge in [-0.2, -0.15) is 0 Å². The van der Waals surface area contributed by atoms with Gasteiger partial charge in [0.1, 0.15) is 5.76 Å². The number of hydrogen-bond acceptors (Lipinski definition) is 8. The number of carbonyl (C=O) groups excluding carboxylic acids is 2. The predicted octanol–water partition coefficient (Wildman–Crippen LogP) is 3.87. The Bertz CT molecular complexity index is 888. The van der Waals surface area contributed by atoms with Crippen molar-refractivity contribution < 1.29 is 14.1 Å². The Morgan fingerprint density at radius 2 is 2.19 bits per heavy atom. The maximum atomic E-state index is 12.1. The minimum Gasteiger partial charge on any atom is -0.360 e. The van der Waals surface area contributed by atoms with E-state index in [1.54, 1.807) is 31.3 Å². The third-order valence-electron chi connectivity index (χ3n) is 3.24. The summed E-state index contributed by atoms with van der Waals surface area (Å²) >= 11 is 4.21. The molecule has 0 fully saturated rings. The quantitative estimate of drug-likeness (QED) is 0.616. The second-order valence-corrected chi connectivity index (χ2v) is 8.46. The minimum absolute atomic E-state index is 0.153. The number of nitrogens with zero attached hydrogens (tertiary/aromatic N) is 2. The van der Waals surface area contributed by atoms with Gasteiger partial charge in [0.2, 0.25) is 11.8 Å². The summed E-state index contributed by atoms with van der Waals surface area (Å²) in [4.78, 5) is 29.6. The molecule has 0 aliphatic carbocycles. The number of thioether (sulfide) groups is 1. The summed E-state index contributed by atoms with van der Waals surface area (Å²) in [6, 6.07) is 5.58. The van der Waals surface area contributed by atoms with Gasteiger partial charge < -0.3 is 15.2 Å². The van der Waals surface area contributed by atoms with Gasteiger partial charge in [-0.05, 0) is 25.3 Å². The molecule has 0 spiro atoms. The van der Waals surface area contributed by atoms with Crippen LogP contribution in [0.3, 0.4) is 0 Å². The van der Waals surface area contributed by atoms with Gasteiger partial charge in [-0.3, -0.25) is 9.59 Å². The van der Waals surface area contributed by atoms with E-state index in [2.05, 4.69) is 20.8 Å². The highest BCUT2D eigenvalue weighted by Crippen LogP contribution is 2.28. The van der Waals surface area contributed by atoms with E-state index in [1.807, 2.05) is 22.9 Å². The molecule has 0 aliphatic heterocycles. The number of hydrogen-bond donors (Lipinski definition) is 2. The summed E-state index contributed by atoms with van der Waals surface area (Å²) in [5.41, 5.74) is 0.851. The van der Waals surface area contributed by atoms with Crippen LogP contribution in [0.15, 0.2) is 33.5 Å². The molecule has 0 aromatic carbocycles. The number of thiazole rings is 1. The highest BCUT2D eigenvalue weighted by atomic mass is 32.2. The summed E-state index contributed by atoms with van der Waals surface area (Å²) in [5.74, 6) is 0.711. The molecule has 3 aromatic rings. The van der Waals surface area contributed by atoms with Gasteiger partial charge >= 0.3 is 0 Å². The molecule has 3 heterocycles. The van der Waals surface area contributed by atoms with Gasteiger partial charge in [-0.15, -0.1) is 34.4 Å². The van der Waals surface area contributed by atoms with Crippen LogP contribution in [0.25, 0.3) is 10.6 Å². The van der Waals surface area contributed by atoms with Crippen molar-refractivity contribution in [2.45, 2.75) is 19.1 Å². The van der Waals surface area contributed by atoms with Crippen molar-refractivity contribution in [3.8, 4) is 10.6 Å². The van der Waals surface area contributed by atoms with Crippen LogP contribution in [0.5, 0.6) is 0 Å². The molecule has 0 bridgehead atoms. The first-order chi connectivity index (χ1) is 12.5. The summed E-state index contributed by atoms with van der Waals surface area (Å²) in [7, 11) is 0. The first-order valence-electron chi connectivity index (χ1n) is 7.66. The van der Waals surface area contributed by atoms with Crippen LogP contribution in [0.4, 0.5) is 10.9 Å². The molecule has 2 amide bonds. The zero-order valence-corrected chi connectivity index (χ0v) is 16.5. The highest BCUT2D eigenvalue weighted by Gasteiger charge is 2.17. The highest BCUT2D eigenvalue weighted by molar-refractivity contribution is 8.01. The average Bonchev–Trinajstić information content (AvgIpc) is 3.34. The lowest BCUT2D eigenvalue weighted by Gasteiger charge is -2.09. The van der Waals surface area contributed by atoms with Crippen molar-refractivity contribution in [1.82, 2.24) is 10.1 Å². The maximum Gasteiger partial charge on any atom is 0.238 e. The minimum atomic E-state index is -0.407. The number of thiophene rings is 1. The molecular formula is C16H16N4O3S3. The van der Waals surface area contributed by atoms with Crippen LogP contribution < -0.4 is 10.6 Å². The predicted molar refractivity (Wildman–Crippen MR) is 106 cm³/mol. The zero-order chi connectivity index (χ0) is 18.5. The number of amides is 2. The van der Waals surface area contributed by atoms with Crippen molar-refractivity contribution in [2.24, 2.45) is 0 Å². The van der Waals surface area contributed by atoms with Crippen LogP contribution >= 0.6 is 34.4 Å². The van der Waals surface area contributed by atoms with Gasteiger partial charge in [0.05, 0.1) is 21.6 Å². The van der Waals surface area contributed by atoms with E-state index in [1.165, 1.54) is 23.1 Å². The molecule has 0 aliphatic rings. The average molecular weight is 409 g/mol. The normalized spacial score (nSPS) is 11.9. The molecule has 3 rings (SSSR count). The number of aromatic nitrogens is 2. The van der Waals surface area contributed by atoms with Crippen molar-refractivity contribution in [1.29, 1.82) is 0 Å². The first-order valence-corrected chi connectivity index (χ1v) is 10.5. The molecule has 3 aromatic heterocycles. The summed E-state index contributed by atoms with van der Waals surface area (Å²) in [5, 5.41) is 13.2. The number of anilines is 2. The summed E-state index contributed by atoms with van der Waals surface area (Å²) in [6.07, 6.45) is 0. The molecule has 136 valence electrons. The SMILES string of the molecule is Cc1cc(NC(=O)C(C)SCC(=O)Nc2nc(-c3cccs3)cs2)no1. The fourth-order valence-electron chi connectivity index (χ4n) is 1.95. The largest absolute Gasteiger partial charge is 0.360 e. The molecule has 26 heavy (non-hydrogen) atoms. The third-order valence-corrected chi connectivity index (χ3v) is 6.03. The molecule has 2 N–H and O–H groups in total. The monoisotopic (exact) mass is 408 g/mol. The van der Waals surface area contributed by atoms with E-state index in [0.29, 0.717) is 16.7 Å². The van der Waals surface area contributed by atoms with E-state index in [0.717, 1.165) is 10.6 Å². The van der Waals surface area contributed by atoms with Crippen molar-refractivity contribution in [2.75, 3.05) is 16.4 Å². The smallest absolute Gasteiger partial charge is 0.238 e. The fourth-order valence-corrected chi connectivity index (χ4v) is 4.12. The lowest BCUT2D eigenvalue weighted by Crippen LogP contribution is -2.25. The van der Waals surface area contributed by atoms with E-state index >= 15 is 0 Å². The Balaban J connectivity index is 1.45. The number of nitrogens with one attached hydrogen (secondary N) is 2. The van der Waals surface area contributed by atoms with Gasteiger partial charge in [0.25, 0.3) is 0 Å². The summed E-state index contributed by atoms with van der Waals surface area (Å²) < 4.78 is 4.90. The summed E-state index contributed by atoms with van der Waals surface area (Å²) in [6.45, 7) is 3.48. The third kappa shape index (κ3) is 4.93. The molecule has 7 nitrogen and oxygen atoms in total. The van der Waals surface area contributed by atoms with E-state index < -0.39 is 5.25 Å². The van der Waals surface area contributed by atoms with Crippen LogP contribution in [-0.2, 0) is 9.59 Å². The Morgan fingerprint density at radius 1 is 1.35 bits per heavy atom. The Hall–Kier alpha value is -2.17. The first kappa shape index (κ1) is 18.6. The van der Waals surface area contributed by atoms with Gasteiger partial charge in [-0.25, -0.2) is 4.98 Å². The Labute approximate surface area is 162 Å². The van der Waals surface area contributed by atoms with Crippen LogP contribution in [0.2, 0.25) is 0 Å². The van der Waals surface area contributed by atoms with Crippen LogP contribution in [0, 0.1) is 6.92 Å². The molecule has 1 unspecified atom stereocenters. The molecule has 1 atom stereocenters. The second kappa shape index (κ2) is 8.47. The Morgan fingerprint density at radius 3 is 2.88 bits per heavy atom. The van der Waals surface area contributed by atoms with Crippen molar-refractivity contribution in [3.05, 3.63) is 34.7 Å². The van der Waals surface area contributed by atoms with Crippen LogP contribution in [0.1, 0.15) is 12.7 Å². The number of carbonyl (C=O) groups is 2.